The van der Waals surface area contributed by atoms with Crippen LogP contribution in [0.15, 0.2) is 46.9 Å². The molecule has 2 N–H and O–H groups in total. The summed E-state index contributed by atoms with van der Waals surface area (Å²) in [6, 6.07) is 7.34. The van der Waals surface area contributed by atoms with Crippen LogP contribution in [-0.4, -0.2) is 59.4 Å². The van der Waals surface area contributed by atoms with E-state index < -0.39 is 6.10 Å². The zero-order valence-corrected chi connectivity index (χ0v) is 15.0. The predicted octanol–water partition coefficient (Wildman–Crippen LogP) is -0.0494. The lowest BCUT2D eigenvalue weighted by atomic mass is 10.2. The third-order valence-electron chi connectivity index (χ3n) is 4.27. The molecule has 0 unspecified atom stereocenters. The van der Waals surface area contributed by atoms with E-state index in [1.165, 1.54) is 16.7 Å². The van der Waals surface area contributed by atoms with Crippen LogP contribution in [0.3, 0.4) is 0 Å². The second-order valence-corrected chi connectivity index (χ2v) is 7.13. The second kappa shape index (κ2) is 8.62. The van der Waals surface area contributed by atoms with Crippen molar-refractivity contribution in [1.29, 1.82) is 0 Å². The fourth-order valence-corrected chi connectivity index (χ4v) is 3.91. The van der Waals surface area contributed by atoms with Crippen LogP contribution < -0.4 is 10.5 Å². The van der Waals surface area contributed by atoms with Crippen LogP contribution in [0.25, 0.3) is 10.9 Å². The lowest BCUT2D eigenvalue weighted by Crippen LogP contribution is -3.15. The van der Waals surface area contributed by atoms with Crippen molar-refractivity contribution < 1.29 is 14.7 Å². The Labute approximate surface area is 151 Å². The van der Waals surface area contributed by atoms with Crippen LogP contribution in [0.5, 0.6) is 0 Å². The molecule has 134 valence electrons. The molecule has 6 nitrogen and oxygen atoms in total. The minimum atomic E-state index is -0.446. The van der Waals surface area contributed by atoms with Gasteiger partial charge in [0.2, 0.25) is 0 Å². The minimum absolute atomic E-state index is 0.0682. The van der Waals surface area contributed by atoms with Gasteiger partial charge in [-0.1, -0.05) is 30.0 Å². The van der Waals surface area contributed by atoms with Gasteiger partial charge in [0, 0.05) is 12.3 Å². The third kappa shape index (κ3) is 4.49. The highest BCUT2D eigenvalue weighted by Gasteiger charge is 2.19. The highest BCUT2D eigenvalue weighted by Crippen LogP contribution is 2.18. The number of ether oxygens (including phenoxy) is 1. The number of aliphatic hydroxyl groups excluding tert-OH is 1. The van der Waals surface area contributed by atoms with Crippen molar-refractivity contribution >= 4 is 22.7 Å². The summed E-state index contributed by atoms with van der Waals surface area (Å²) >= 11 is 1.42. The molecule has 0 bridgehead atoms. The Kier molecular flexibility index (Phi) is 6.25. The van der Waals surface area contributed by atoms with Crippen LogP contribution >= 0.6 is 11.8 Å². The number of hydrogen-bond donors (Lipinski definition) is 2. The number of allylic oxidation sites excluding steroid dienone is 1. The van der Waals surface area contributed by atoms with Gasteiger partial charge in [0.05, 0.1) is 24.1 Å². The normalized spacial score (nSPS) is 16.8. The lowest BCUT2D eigenvalue weighted by Gasteiger charge is -2.25. The highest BCUT2D eigenvalue weighted by atomic mass is 32.2. The van der Waals surface area contributed by atoms with Crippen molar-refractivity contribution in [2.75, 3.05) is 38.6 Å². The number of hydrogen-bond acceptors (Lipinski definition) is 5. The maximum Gasteiger partial charge on any atom is 0.262 e. The molecule has 1 aromatic heterocycles. The molecule has 2 heterocycles. The number of rotatable bonds is 7. The van der Waals surface area contributed by atoms with Crippen molar-refractivity contribution in [3.63, 3.8) is 0 Å². The summed E-state index contributed by atoms with van der Waals surface area (Å²) in [4.78, 5) is 18.7. The van der Waals surface area contributed by atoms with E-state index >= 15 is 0 Å². The maximum atomic E-state index is 12.7. The smallest absolute Gasteiger partial charge is 0.262 e. The Morgan fingerprint density at radius 2 is 2.16 bits per heavy atom. The van der Waals surface area contributed by atoms with Crippen molar-refractivity contribution in [2.24, 2.45) is 0 Å². The van der Waals surface area contributed by atoms with Gasteiger partial charge < -0.3 is 14.7 Å². The van der Waals surface area contributed by atoms with Crippen molar-refractivity contribution in [3.8, 4) is 0 Å². The molecule has 1 aliphatic heterocycles. The Balaban J connectivity index is 1.74. The summed E-state index contributed by atoms with van der Waals surface area (Å²) in [6.45, 7) is 8.18. The molecular weight excluding hydrogens is 338 g/mol. The number of aromatic nitrogens is 2. The second-order valence-electron chi connectivity index (χ2n) is 6.15. The fourth-order valence-electron chi connectivity index (χ4n) is 2.98. The number of benzene rings is 1. The molecule has 0 amide bonds. The van der Waals surface area contributed by atoms with Crippen LogP contribution in [0.1, 0.15) is 0 Å². The number of nitrogens with one attached hydrogen (secondary N) is 1. The standard InChI is InChI=1S/C18H23N3O3S/c1-2-7-21-17(23)15-5-3-4-6-16(15)19-18(21)25-13-14(22)12-20-8-10-24-11-9-20/h2-6,14,22H,1,7-13H2/p+1/t14-/m0/s1. The number of morpholine rings is 1. The van der Waals surface area contributed by atoms with Gasteiger partial charge in [0.15, 0.2) is 5.16 Å². The molecule has 1 fully saturated rings. The maximum absolute atomic E-state index is 12.7. The molecule has 0 spiro atoms. The molecule has 3 rings (SSSR count). The van der Waals surface area contributed by atoms with Crippen molar-refractivity contribution in [2.45, 2.75) is 17.8 Å². The van der Waals surface area contributed by atoms with E-state index in [0.717, 1.165) is 26.3 Å². The zero-order chi connectivity index (χ0) is 17.6. The summed E-state index contributed by atoms with van der Waals surface area (Å²) in [5.74, 6) is 0.506. The number of quaternary nitrogens is 1. The van der Waals surface area contributed by atoms with E-state index in [0.29, 0.717) is 34.9 Å². The number of para-hydroxylation sites is 1. The van der Waals surface area contributed by atoms with E-state index in [4.69, 9.17) is 4.74 Å². The zero-order valence-electron chi connectivity index (χ0n) is 14.2. The van der Waals surface area contributed by atoms with E-state index in [1.807, 2.05) is 18.2 Å². The Morgan fingerprint density at radius 3 is 2.92 bits per heavy atom. The van der Waals surface area contributed by atoms with Crippen LogP contribution in [0.4, 0.5) is 0 Å². The van der Waals surface area contributed by atoms with E-state index in [-0.39, 0.29) is 5.56 Å². The highest BCUT2D eigenvalue weighted by molar-refractivity contribution is 7.99. The first-order valence-electron chi connectivity index (χ1n) is 8.51. The molecule has 1 saturated heterocycles. The minimum Gasteiger partial charge on any atom is -0.386 e. The Bertz CT molecular complexity index is 787. The number of fused-ring (bicyclic) bond motifs is 1. The molecule has 1 aliphatic rings. The average Bonchev–Trinajstić information content (AvgIpc) is 2.63. The molecule has 0 saturated carbocycles. The molecule has 25 heavy (non-hydrogen) atoms. The van der Waals surface area contributed by atoms with Gasteiger partial charge in [-0.3, -0.25) is 9.36 Å². The van der Waals surface area contributed by atoms with E-state index in [9.17, 15) is 9.90 Å². The largest absolute Gasteiger partial charge is 0.386 e. The fraction of sp³-hybridized carbons (Fsp3) is 0.444. The number of thioether (sulfide) groups is 1. The number of nitrogens with zero attached hydrogens (tertiary/aromatic N) is 2. The molecule has 1 aromatic carbocycles. The molecule has 7 heteroatoms. The average molecular weight is 362 g/mol. The van der Waals surface area contributed by atoms with Gasteiger partial charge in [-0.05, 0) is 12.1 Å². The lowest BCUT2D eigenvalue weighted by molar-refractivity contribution is -0.910. The van der Waals surface area contributed by atoms with Gasteiger partial charge in [0.25, 0.3) is 5.56 Å². The first-order chi connectivity index (χ1) is 12.2. The summed E-state index contributed by atoms with van der Waals surface area (Å²) in [5, 5.41) is 11.6. The quantitative estimate of drug-likeness (QED) is 0.411. The number of aliphatic hydroxyl groups is 1. The van der Waals surface area contributed by atoms with Gasteiger partial charge in [-0.25, -0.2) is 4.98 Å². The molecule has 2 aromatic rings. The molecule has 1 atom stereocenters. The Hall–Kier alpha value is -1.67. The SMILES string of the molecule is C=CCn1c(SC[C@@H](O)C[NH+]2CCOCC2)nc2ccccc2c1=O. The summed E-state index contributed by atoms with van der Waals surface area (Å²) < 4.78 is 6.96. The van der Waals surface area contributed by atoms with E-state index in [1.54, 1.807) is 16.7 Å². The first kappa shape index (κ1) is 18.1. The van der Waals surface area contributed by atoms with Gasteiger partial charge in [-0.2, -0.15) is 0 Å². The third-order valence-corrected chi connectivity index (χ3v) is 5.39. The monoisotopic (exact) mass is 362 g/mol. The van der Waals surface area contributed by atoms with Crippen LogP contribution in [0.2, 0.25) is 0 Å². The molecule has 0 aliphatic carbocycles. The Morgan fingerprint density at radius 1 is 1.40 bits per heavy atom. The predicted molar refractivity (Wildman–Crippen MR) is 99.3 cm³/mol. The van der Waals surface area contributed by atoms with Crippen LogP contribution in [-0.2, 0) is 11.3 Å². The van der Waals surface area contributed by atoms with Gasteiger partial charge >= 0.3 is 0 Å². The van der Waals surface area contributed by atoms with Crippen molar-refractivity contribution in [1.82, 2.24) is 9.55 Å². The summed E-state index contributed by atoms with van der Waals surface area (Å²) in [5.41, 5.74) is 0.616. The first-order valence-corrected chi connectivity index (χ1v) is 9.50. The summed E-state index contributed by atoms with van der Waals surface area (Å²) in [7, 11) is 0. The molecule has 0 radical (unpaired) electrons. The summed E-state index contributed by atoms with van der Waals surface area (Å²) in [6.07, 6.45) is 1.25. The topological polar surface area (TPSA) is 68.8 Å². The molecular formula is C18H24N3O3S+. The van der Waals surface area contributed by atoms with E-state index in [2.05, 4.69) is 11.6 Å². The van der Waals surface area contributed by atoms with Gasteiger partial charge in [-0.15, -0.1) is 6.58 Å². The van der Waals surface area contributed by atoms with Crippen molar-refractivity contribution in [3.05, 3.63) is 47.3 Å². The van der Waals surface area contributed by atoms with Crippen LogP contribution in [0, 0.1) is 0 Å². The van der Waals surface area contributed by atoms with Gasteiger partial charge in [0.1, 0.15) is 25.7 Å².